The minimum atomic E-state index is -3.88. The van der Waals surface area contributed by atoms with Gasteiger partial charge in [-0.1, -0.05) is 13.8 Å². The molecule has 2 saturated heterocycles. The topological polar surface area (TPSA) is 139 Å². The molecule has 0 aliphatic carbocycles. The Labute approximate surface area is 182 Å². The zero-order valence-electron chi connectivity index (χ0n) is 18.7. The molecular formula is C19H33NO10P+. The van der Waals surface area contributed by atoms with Gasteiger partial charge in [-0.2, -0.15) is 9.42 Å². The number of hydrogen-bond acceptors (Lipinski definition) is 10. The molecule has 0 aromatic rings. The summed E-state index contributed by atoms with van der Waals surface area (Å²) >= 11 is 0. The van der Waals surface area contributed by atoms with Crippen LogP contribution >= 0.6 is 8.17 Å². The number of nitrogens with one attached hydrogen (secondary N) is 1. The minimum absolute atomic E-state index is 0.00937. The third-order valence-electron chi connectivity index (χ3n) is 4.62. The summed E-state index contributed by atoms with van der Waals surface area (Å²) < 4.78 is 31.3. The van der Waals surface area contributed by atoms with Gasteiger partial charge in [0.15, 0.2) is 6.10 Å². The first-order valence-corrected chi connectivity index (χ1v) is 11.6. The first-order chi connectivity index (χ1) is 14.3. The first kappa shape index (κ1) is 25.9. The van der Waals surface area contributed by atoms with E-state index in [0.29, 0.717) is 19.6 Å². The van der Waals surface area contributed by atoms with Crippen molar-refractivity contribution >= 4 is 26.0 Å². The molecule has 2 heterocycles. The zero-order valence-corrected chi connectivity index (χ0v) is 19.6. The molecule has 2 aliphatic heterocycles. The highest BCUT2D eigenvalue weighted by Crippen LogP contribution is 2.63. The molecule has 11 nitrogen and oxygen atoms in total. The van der Waals surface area contributed by atoms with E-state index in [2.05, 4.69) is 5.32 Å². The van der Waals surface area contributed by atoms with E-state index < -0.39 is 49.7 Å². The second kappa shape index (κ2) is 10.5. The molecule has 0 saturated carbocycles. The van der Waals surface area contributed by atoms with Crippen molar-refractivity contribution in [2.45, 2.75) is 59.7 Å². The molecule has 2 fully saturated rings. The molecule has 1 amide bonds. The van der Waals surface area contributed by atoms with Gasteiger partial charge >= 0.3 is 20.1 Å². The number of carbonyl (C=O) groups is 3. The van der Waals surface area contributed by atoms with Crippen LogP contribution < -0.4 is 5.32 Å². The van der Waals surface area contributed by atoms with Gasteiger partial charge in [0, 0.05) is 18.4 Å². The highest BCUT2D eigenvalue weighted by Gasteiger charge is 2.59. The maximum Gasteiger partial charge on any atom is 0.576 e. The predicted molar refractivity (Wildman–Crippen MR) is 108 cm³/mol. The summed E-state index contributed by atoms with van der Waals surface area (Å²) in [6.07, 6.45) is -0.692. The Bertz CT molecular complexity index is 659. The number of amides is 1. The van der Waals surface area contributed by atoms with Crippen molar-refractivity contribution in [1.82, 2.24) is 5.32 Å². The lowest BCUT2D eigenvalue weighted by Crippen LogP contribution is -2.50. The maximum absolute atomic E-state index is 12.6. The Hall–Kier alpha value is -1.36. The fourth-order valence-corrected chi connectivity index (χ4v) is 4.22. The van der Waals surface area contributed by atoms with E-state index in [1.165, 1.54) is 0 Å². The maximum atomic E-state index is 12.6. The first-order valence-electron chi connectivity index (χ1n) is 10.1. The second-order valence-electron chi connectivity index (χ2n) is 9.16. The van der Waals surface area contributed by atoms with Crippen LogP contribution in [0.2, 0.25) is 0 Å². The normalized spacial score (nSPS) is 28.1. The van der Waals surface area contributed by atoms with E-state index in [1.54, 1.807) is 34.6 Å². The van der Waals surface area contributed by atoms with Crippen LogP contribution in [0.5, 0.6) is 0 Å². The fraction of sp³-hybridized carbons (Fsp3) is 0.842. The lowest BCUT2D eigenvalue weighted by Gasteiger charge is -2.36. The zero-order chi connectivity index (χ0) is 23.3. The SMILES string of the molecule is CC(C)(C)C(=O)OCO[P+]1(O)OCC(C)(C)[C@H](C(=O)NCCC(=O)OC2CCOC2)O1. The molecule has 2 unspecified atom stereocenters. The second-order valence-corrected chi connectivity index (χ2v) is 10.8. The summed E-state index contributed by atoms with van der Waals surface area (Å²) in [7, 11) is -3.88. The molecule has 3 atom stereocenters. The molecule has 0 bridgehead atoms. The molecular weight excluding hydrogens is 433 g/mol. The number of hydrogen-bond donors (Lipinski definition) is 2. The van der Waals surface area contributed by atoms with Crippen LogP contribution in [-0.2, 0) is 42.2 Å². The van der Waals surface area contributed by atoms with Crippen molar-refractivity contribution in [2.75, 3.05) is 33.2 Å². The van der Waals surface area contributed by atoms with Crippen LogP contribution in [0, 0.1) is 10.8 Å². The van der Waals surface area contributed by atoms with Crippen molar-refractivity contribution in [3.63, 3.8) is 0 Å². The summed E-state index contributed by atoms with van der Waals surface area (Å²) in [5, 5.41) is 2.61. The minimum Gasteiger partial charge on any atom is -0.460 e. The lowest BCUT2D eigenvalue weighted by molar-refractivity contribution is -0.165. The van der Waals surface area contributed by atoms with E-state index in [4.69, 9.17) is 27.8 Å². The number of carbonyl (C=O) groups excluding carboxylic acids is 3. The summed E-state index contributed by atoms with van der Waals surface area (Å²) in [6.45, 7) is 8.88. The Morgan fingerprint density at radius 3 is 2.58 bits per heavy atom. The summed E-state index contributed by atoms with van der Waals surface area (Å²) in [5.41, 5.74) is -1.52. The van der Waals surface area contributed by atoms with Gasteiger partial charge in [0.2, 0.25) is 6.79 Å². The summed E-state index contributed by atoms with van der Waals surface area (Å²) in [4.78, 5) is 46.8. The van der Waals surface area contributed by atoms with E-state index in [9.17, 15) is 19.3 Å². The highest BCUT2D eigenvalue weighted by molar-refractivity contribution is 7.55. The number of ether oxygens (including phenoxy) is 3. The van der Waals surface area contributed by atoms with Crippen molar-refractivity contribution < 1.29 is 47.1 Å². The molecule has 2 aliphatic rings. The molecule has 0 aromatic carbocycles. The van der Waals surface area contributed by atoms with Crippen LogP contribution in [-0.4, -0.2) is 68.1 Å². The third kappa shape index (κ3) is 7.93. The molecule has 2 N–H and O–H groups in total. The average Bonchev–Trinajstić information content (AvgIpc) is 3.16. The van der Waals surface area contributed by atoms with Gasteiger partial charge in [0.1, 0.15) is 12.7 Å². The smallest absolute Gasteiger partial charge is 0.460 e. The Morgan fingerprint density at radius 2 is 1.97 bits per heavy atom. The Morgan fingerprint density at radius 1 is 1.26 bits per heavy atom. The number of esters is 2. The van der Waals surface area contributed by atoms with Crippen LogP contribution in [0.25, 0.3) is 0 Å². The molecule has 0 radical (unpaired) electrons. The molecule has 2 rings (SSSR count). The number of rotatable bonds is 8. The van der Waals surface area contributed by atoms with E-state index in [-0.39, 0.29) is 25.7 Å². The van der Waals surface area contributed by atoms with Gasteiger partial charge < -0.3 is 19.5 Å². The van der Waals surface area contributed by atoms with Crippen molar-refractivity contribution in [3.8, 4) is 0 Å². The van der Waals surface area contributed by atoms with Gasteiger partial charge in [-0.25, -0.2) is 0 Å². The lowest BCUT2D eigenvalue weighted by atomic mass is 9.87. The van der Waals surface area contributed by atoms with Gasteiger partial charge in [-0.05, 0) is 20.8 Å². The van der Waals surface area contributed by atoms with Crippen molar-refractivity contribution in [1.29, 1.82) is 0 Å². The van der Waals surface area contributed by atoms with Crippen molar-refractivity contribution in [2.24, 2.45) is 10.8 Å². The third-order valence-corrected chi connectivity index (χ3v) is 5.98. The van der Waals surface area contributed by atoms with E-state index >= 15 is 0 Å². The van der Waals surface area contributed by atoms with E-state index in [1.807, 2.05) is 0 Å². The van der Waals surface area contributed by atoms with Crippen molar-refractivity contribution in [3.05, 3.63) is 0 Å². The van der Waals surface area contributed by atoms with Crippen LogP contribution in [0.1, 0.15) is 47.5 Å². The quantitative estimate of drug-likeness (QED) is 0.307. The van der Waals surface area contributed by atoms with Crippen LogP contribution in [0.4, 0.5) is 0 Å². The average molecular weight is 466 g/mol. The van der Waals surface area contributed by atoms with E-state index in [0.717, 1.165) is 0 Å². The molecule has 178 valence electrons. The summed E-state index contributed by atoms with van der Waals surface area (Å²) in [5.74, 6) is -1.49. The molecule has 12 heteroatoms. The molecule has 0 spiro atoms. The summed E-state index contributed by atoms with van der Waals surface area (Å²) in [6, 6.07) is 0. The van der Waals surface area contributed by atoms with Crippen LogP contribution in [0.15, 0.2) is 0 Å². The van der Waals surface area contributed by atoms with Gasteiger partial charge in [-0.3, -0.25) is 14.4 Å². The Balaban J connectivity index is 1.82. The Kier molecular flexibility index (Phi) is 8.77. The highest BCUT2D eigenvalue weighted by atomic mass is 31.2. The van der Waals surface area contributed by atoms with Crippen LogP contribution in [0.3, 0.4) is 0 Å². The molecule has 31 heavy (non-hydrogen) atoms. The largest absolute Gasteiger partial charge is 0.576 e. The predicted octanol–water partition coefficient (Wildman–Crippen LogP) is 1.50. The monoisotopic (exact) mass is 466 g/mol. The fourth-order valence-electron chi connectivity index (χ4n) is 2.69. The van der Waals surface area contributed by atoms with Gasteiger partial charge in [-0.15, -0.1) is 9.05 Å². The molecule has 0 aromatic heterocycles. The van der Waals surface area contributed by atoms with Gasteiger partial charge in [0.05, 0.1) is 25.0 Å². The standard InChI is InChI=1S/C19H32NO10P/c1-18(2,3)17(23)26-12-28-31(24)27-11-19(4,5)15(30-31)16(22)20-8-6-14(21)29-13-7-9-25-10-13/h13,15,24H,6-12H2,1-5H3/p+1/t13?,15-,31?/m0/s1. The van der Waals surface area contributed by atoms with Gasteiger partial charge in [0.25, 0.3) is 5.91 Å².